The predicted molar refractivity (Wildman–Crippen MR) is 50.3 cm³/mol. The third-order valence-electron chi connectivity index (χ3n) is 2.16. The van der Waals surface area contributed by atoms with Gasteiger partial charge in [0.25, 0.3) is 0 Å². The molecule has 0 aromatic rings. The van der Waals surface area contributed by atoms with E-state index in [1.807, 2.05) is 0 Å². The van der Waals surface area contributed by atoms with Gasteiger partial charge in [0, 0.05) is 0 Å². The summed E-state index contributed by atoms with van der Waals surface area (Å²) in [6.45, 7) is 3.60. The minimum atomic E-state index is -2.61. The highest BCUT2D eigenvalue weighted by Crippen LogP contribution is 2.21. The fraction of sp³-hybridized carbons (Fsp3) is 0.778. The Balaban J connectivity index is 4.74. The van der Waals surface area contributed by atoms with Crippen LogP contribution in [-0.2, 0) is 9.59 Å². The fourth-order valence-electron chi connectivity index (χ4n) is 1.07. The second-order valence-electron chi connectivity index (χ2n) is 3.90. The van der Waals surface area contributed by atoms with Gasteiger partial charge in [0.2, 0.25) is 0 Å². The molecule has 88 valence electrons. The minimum Gasteiger partial charge on any atom is -0.479 e. The van der Waals surface area contributed by atoms with Crippen molar-refractivity contribution in [1.29, 1.82) is 0 Å². The van der Waals surface area contributed by atoms with E-state index in [1.54, 1.807) is 13.8 Å². The van der Waals surface area contributed by atoms with Gasteiger partial charge in [-0.05, 0) is 18.8 Å². The highest BCUT2D eigenvalue weighted by molar-refractivity contribution is 5.87. The lowest BCUT2D eigenvalue weighted by Crippen LogP contribution is -2.53. The van der Waals surface area contributed by atoms with Crippen molar-refractivity contribution in [2.45, 2.75) is 38.4 Å². The average molecular weight is 220 g/mol. The number of aliphatic carboxylic acids is 2. The summed E-state index contributed by atoms with van der Waals surface area (Å²) in [4.78, 5) is 21.1. The summed E-state index contributed by atoms with van der Waals surface area (Å²) in [6.07, 6.45) is -2.30. The molecule has 0 aliphatic rings. The molecule has 0 amide bonds. The largest absolute Gasteiger partial charge is 0.479 e. The number of hydrogen-bond acceptors (Lipinski definition) is 4. The third-order valence-corrected chi connectivity index (χ3v) is 2.16. The van der Waals surface area contributed by atoms with Gasteiger partial charge in [-0.25, -0.2) is 9.59 Å². The van der Waals surface area contributed by atoms with E-state index < -0.39 is 23.6 Å². The van der Waals surface area contributed by atoms with Crippen molar-refractivity contribution >= 4 is 11.9 Å². The van der Waals surface area contributed by atoms with Crippen molar-refractivity contribution in [1.82, 2.24) is 0 Å². The summed E-state index contributed by atoms with van der Waals surface area (Å²) >= 11 is 0. The van der Waals surface area contributed by atoms with Gasteiger partial charge in [0.15, 0.2) is 11.7 Å². The first-order valence-corrected chi connectivity index (χ1v) is 4.58. The van der Waals surface area contributed by atoms with E-state index in [1.165, 1.54) is 0 Å². The van der Waals surface area contributed by atoms with Crippen LogP contribution in [0, 0.1) is 5.92 Å². The summed E-state index contributed by atoms with van der Waals surface area (Å²) in [7, 11) is 0. The molecule has 2 unspecified atom stereocenters. The Morgan fingerprint density at radius 2 is 1.73 bits per heavy atom. The Labute approximate surface area is 87.2 Å². The van der Waals surface area contributed by atoms with Gasteiger partial charge in [-0.15, -0.1) is 0 Å². The standard InChI is InChI=1S/C9H16O6/c1-5(2)3-4-9(15,8(13)14)6(10)7(11)12/h5-6,10,15H,3-4H2,1-2H3,(H,11,12)(H,13,14). The molecule has 0 aliphatic heterocycles. The minimum absolute atomic E-state index is 0.108. The van der Waals surface area contributed by atoms with Gasteiger partial charge in [-0.2, -0.15) is 0 Å². The van der Waals surface area contributed by atoms with Crippen molar-refractivity contribution in [2.75, 3.05) is 0 Å². The van der Waals surface area contributed by atoms with Crippen molar-refractivity contribution in [3.63, 3.8) is 0 Å². The molecule has 0 spiro atoms. The molecule has 0 radical (unpaired) electrons. The molecular formula is C9H16O6. The Kier molecular flexibility index (Phi) is 4.70. The van der Waals surface area contributed by atoms with Crippen LogP contribution in [0.4, 0.5) is 0 Å². The summed E-state index contributed by atoms with van der Waals surface area (Å²) < 4.78 is 0. The van der Waals surface area contributed by atoms with Gasteiger partial charge in [-0.1, -0.05) is 13.8 Å². The van der Waals surface area contributed by atoms with Crippen molar-refractivity contribution in [2.24, 2.45) is 5.92 Å². The van der Waals surface area contributed by atoms with Crippen LogP contribution in [0.1, 0.15) is 26.7 Å². The number of rotatable bonds is 6. The molecule has 0 aromatic carbocycles. The van der Waals surface area contributed by atoms with Crippen molar-refractivity contribution < 1.29 is 30.0 Å². The maximum Gasteiger partial charge on any atom is 0.339 e. The second kappa shape index (κ2) is 5.09. The number of aliphatic hydroxyl groups is 2. The van der Waals surface area contributed by atoms with E-state index >= 15 is 0 Å². The lowest BCUT2D eigenvalue weighted by molar-refractivity contribution is -0.184. The van der Waals surface area contributed by atoms with Gasteiger partial charge in [0.05, 0.1) is 0 Å². The van der Waals surface area contributed by atoms with Gasteiger partial charge in [-0.3, -0.25) is 0 Å². The van der Waals surface area contributed by atoms with Crippen LogP contribution < -0.4 is 0 Å². The summed E-state index contributed by atoms with van der Waals surface area (Å²) in [5.74, 6) is -3.36. The van der Waals surface area contributed by atoms with E-state index in [9.17, 15) is 14.7 Å². The third kappa shape index (κ3) is 3.49. The maximum absolute atomic E-state index is 10.7. The molecule has 0 aliphatic carbocycles. The molecule has 0 fully saturated rings. The van der Waals surface area contributed by atoms with Crippen molar-refractivity contribution in [3.05, 3.63) is 0 Å². The lowest BCUT2D eigenvalue weighted by atomic mass is 9.88. The molecule has 0 bridgehead atoms. The number of aliphatic hydroxyl groups excluding tert-OH is 1. The second-order valence-corrected chi connectivity index (χ2v) is 3.90. The molecule has 2 atom stereocenters. The highest BCUT2D eigenvalue weighted by atomic mass is 16.4. The summed E-state index contributed by atoms with van der Waals surface area (Å²) in [5.41, 5.74) is -2.61. The monoisotopic (exact) mass is 220 g/mol. The molecule has 0 rings (SSSR count). The van der Waals surface area contributed by atoms with Crippen LogP contribution in [0.3, 0.4) is 0 Å². The van der Waals surface area contributed by atoms with E-state index in [0.29, 0.717) is 6.42 Å². The molecule has 0 saturated heterocycles. The van der Waals surface area contributed by atoms with E-state index in [-0.39, 0.29) is 12.3 Å². The molecule has 6 heteroatoms. The summed E-state index contributed by atoms with van der Waals surface area (Å²) in [6, 6.07) is 0. The Hall–Kier alpha value is -1.14. The topological polar surface area (TPSA) is 115 Å². The SMILES string of the molecule is CC(C)CCC(O)(C(=O)O)C(O)C(=O)O. The average Bonchev–Trinajstić information content (AvgIpc) is 2.12. The predicted octanol–water partition coefficient (Wildman–Crippen LogP) is -0.316. The van der Waals surface area contributed by atoms with Crippen molar-refractivity contribution in [3.8, 4) is 0 Å². The van der Waals surface area contributed by atoms with Crippen LogP contribution >= 0.6 is 0 Å². The zero-order valence-corrected chi connectivity index (χ0v) is 8.67. The Bertz CT molecular complexity index is 249. The molecular weight excluding hydrogens is 204 g/mol. The zero-order chi connectivity index (χ0) is 12.2. The maximum atomic E-state index is 10.7. The molecule has 0 saturated carbocycles. The first kappa shape index (κ1) is 13.9. The van der Waals surface area contributed by atoms with Crippen LogP contribution in [0.15, 0.2) is 0 Å². The first-order valence-electron chi connectivity index (χ1n) is 4.58. The fourth-order valence-corrected chi connectivity index (χ4v) is 1.07. The highest BCUT2D eigenvalue weighted by Gasteiger charge is 2.47. The van der Waals surface area contributed by atoms with Crippen LogP contribution in [-0.4, -0.2) is 44.1 Å². The van der Waals surface area contributed by atoms with Gasteiger partial charge >= 0.3 is 11.9 Å². The zero-order valence-electron chi connectivity index (χ0n) is 8.67. The van der Waals surface area contributed by atoms with Crippen LogP contribution in [0.2, 0.25) is 0 Å². The molecule has 15 heavy (non-hydrogen) atoms. The summed E-state index contributed by atoms with van der Waals surface area (Å²) in [5, 5.41) is 35.8. The Morgan fingerprint density at radius 1 is 1.27 bits per heavy atom. The van der Waals surface area contributed by atoms with Crippen LogP contribution in [0.5, 0.6) is 0 Å². The van der Waals surface area contributed by atoms with E-state index in [0.717, 1.165) is 0 Å². The molecule has 0 aromatic heterocycles. The number of carboxylic acid groups (broad SMARTS) is 2. The van der Waals surface area contributed by atoms with E-state index in [4.69, 9.17) is 15.3 Å². The number of carbonyl (C=O) groups is 2. The lowest BCUT2D eigenvalue weighted by Gasteiger charge is -2.26. The first-order chi connectivity index (χ1) is 6.71. The van der Waals surface area contributed by atoms with Crippen LogP contribution in [0.25, 0.3) is 0 Å². The van der Waals surface area contributed by atoms with Gasteiger partial charge < -0.3 is 20.4 Å². The number of carboxylic acids is 2. The quantitative estimate of drug-likeness (QED) is 0.488. The normalized spacial score (nSPS) is 17.1. The number of hydrogen-bond donors (Lipinski definition) is 4. The Morgan fingerprint density at radius 3 is 2.00 bits per heavy atom. The molecule has 6 nitrogen and oxygen atoms in total. The molecule has 4 N–H and O–H groups in total. The van der Waals surface area contributed by atoms with E-state index in [2.05, 4.69) is 0 Å². The van der Waals surface area contributed by atoms with Gasteiger partial charge in [0.1, 0.15) is 0 Å². The smallest absolute Gasteiger partial charge is 0.339 e. The molecule has 0 heterocycles.